The van der Waals surface area contributed by atoms with Gasteiger partial charge in [0.25, 0.3) is 0 Å². The lowest BCUT2D eigenvalue weighted by Crippen LogP contribution is -2.47. The molecular weight excluding hydrogens is 469 g/mol. The quantitative estimate of drug-likeness (QED) is 0.474. The molecule has 2 rings (SSSR count). The first-order chi connectivity index (χ1) is 16.5. The molecule has 7 nitrogen and oxygen atoms in total. The monoisotopic (exact) mass is 505 g/mol. The number of halogens is 1. The van der Waals surface area contributed by atoms with Gasteiger partial charge in [0, 0.05) is 26.1 Å². The lowest BCUT2D eigenvalue weighted by Gasteiger charge is -2.29. The van der Waals surface area contributed by atoms with Crippen LogP contribution in [0.5, 0.6) is 0 Å². The number of amides is 2. The summed E-state index contributed by atoms with van der Waals surface area (Å²) in [6.45, 7) is 8.17. The van der Waals surface area contributed by atoms with Crippen LogP contribution in [0.4, 0.5) is 10.1 Å². The van der Waals surface area contributed by atoms with Crippen molar-refractivity contribution in [1.82, 2.24) is 10.2 Å². The number of carbonyl (C=O) groups excluding carboxylic acids is 2. The summed E-state index contributed by atoms with van der Waals surface area (Å²) in [6.07, 6.45) is 2.26. The number of hydrogen-bond donors (Lipinski definition) is 1. The van der Waals surface area contributed by atoms with Gasteiger partial charge in [-0.3, -0.25) is 13.9 Å². The lowest BCUT2D eigenvalue weighted by atomic mass is 10.1. The molecule has 0 spiro atoms. The molecule has 35 heavy (non-hydrogen) atoms. The molecule has 192 valence electrons. The molecule has 0 heterocycles. The molecule has 0 fully saturated rings. The van der Waals surface area contributed by atoms with E-state index in [9.17, 15) is 22.4 Å². The van der Waals surface area contributed by atoms with Gasteiger partial charge in [-0.1, -0.05) is 31.2 Å². The summed E-state index contributed by atoms with van der Waals surface area (Å²) in [6, 6.07) is 10.5. The zero-order valence-corrected chi connectivity index (χ0v) is 22.0. The van der Waals surface area contributed by atoms with E-state index in [1.807, 2.05) is 32.9 Å². The van der Waals surface area contributed by atoms with Gasteiger partial charge in [0.1, 0.15) is 11.9 Å². The molecule has 0 aromatic heterocycles. The smallest absolute Gasteiger partial charge is 0.242 e. The topological polar surface area (TPSA) is 86.8 Å². The minimum Gasteiger partial charge on any atom is -0.354 e. The number of hydrogen-bond acceptors (Lipinski definition) is 4. The number of nitrogens with one attached hydrogen (secondary N) is 1. The molecule has 9 heteroatoms. The Morgan fingerprint density at radius 2 is 1.74 bits per heavy atom. The Labute approximate surface area is 208 Å². The third kappa shape index (κ3) is 8.06. The number of benzene rings is 2. The number of anilines is 1. The average Bonchev–Trinajstić information content (AvgIpc) is 2.80. The number of sulfonamides is 1. The Hall–Kier alpha value is -2.94. The molecular formula is C26H36FN3O4S. The fourth-order valence-corrected chi connectivity index (χ4v) is 4.77. The summed E-state index contributed by atoms with van der Waals surface area (Å²) in [4.78, 5) is 27.3. The molecule has 0 bridgehead atoms. The van der Waals surface area contributed by atoms with Crippen LogP contribution in [0.1, 0.15) is 49.8 Å². The summed E-state index contributed by atoms with van der Waals surface area (Å²) in [7, 11) is -3.56. The van der Waals surface area contributed by atoms with Crippen molar-refractivity contribution in [2.24, 2.45) is 0 Å². The predicted octanol–water partition coefficient (Wildman–Crippen LogP) is 3.93. The van der Waals surface area contributed by atoms with Crippen LogP contribution in [0.15, 0.2) is 42.5 Å². The van der Waals surface area contributed by atoms with Gasteiger partial charge in [0.05, 0.1) is 11.9 Å². The van der Waals surface area contributed by atoms with Crippen LogP contribution in [-0.2, 0) is 26.2 Å². The standard InChI is InChI=1S/C26H36FN3O4S/c1-6-16-28-26(32)21(4)29(18-22-12-14-23(27)15-13-22)25(31)11-8-17-30(35(5,33)34)24-10-7-9-19(2)20(24)3/h7,9-10,12-15,21H,6,8,11,16-18H2,1-5H3,(H,28,32)/t21-/m1/s1. The number of carbonyl (C=O) groups is 2. The second-order valence-electron chi connectivity index (χ2n) is 8.77. The van der Waals surface area contributed by atoms with E-state index in [0.29, 0.717) is 17.8 Å². The minimum atomic E-state index is -3.56. The highest BCUT2D eigenvalue weighted by Gasteiger charge is 2.26. The van der Waals surface area contributed by atoms with E-state index in [-0.39, 0.29) is 43.6 Å². The zero-order chi connectivity index (χ0) is 26.2. The Balaban J connectivity index is 2.18. The van der Waals surface area contributed by atoms with Crippen LogP contribution < -0.4 is 9.62 Å². The SMILES string of the molecule is CCCNC(=O)[C@@H](C)N(Cc1ccc(F)cc1)C(=O)CCCN(c1cccc(C)c1C)S(C)(=O)=O. The highest BCUT2D eigenvalue weighted by Crippen LogP contribution is 2.25. The summed E-state index contributed by atoms with van der Waals surface area (Å²) in [5.74, 6) is -0.925. The molecule has 0 saturated heterocycles. The zero-order valence-electron chi connectivity index (χ0n) is 21.2. The third-order valence-corrected chi connectivity index (χ3v) is 7.16. The maximum atomic E-state index is 13.3. The number of aryl methyl sites for hydroxylation is 1. The van der Waals surface area contributed by atoms with Crippen molar-refractivity contribution in [2.75, 3.05) is 23.7 Å². The minimum absolute atomic E-state index is 0.0590. The molecule has 1 atom stereocenters. The largest absolute Gasteiger partial charge is 0.354 e. The van der Waals surface area contributed by atoms with Crippen molar-refractivity contribution in [1.29, 1.82) is 0 Å². The Morgan fingerprint density at radius 3 is 2.34 bits per heavy atom. The van der Waals surface area contributed by atoms with Crippen molar-refractivity contribution in [3.8, 4) is 0 Å². The molecule has 2 aromatic rings. The van der Waals surface area contributed by atoms with Crippen LogP contribution >= 0.6 is 0 Å². The first-order valence-electron chi connectivity index (χ1n) is 11.8. The van der Waals surface area contributed by atoms with Crippen LogP contribution in [0, 0.1) is 19.7 Å². The fourth-order valence-electron chi connectivity index (χ4n) is 3.75. The van der Waals surface area contributed by atoms with E-state index in [1.165, 1.54) is 21.3 Å². The highest BCUT2D eigenvalue weighted by atomic mass is 32.2. The molecule has 1 N–H and O–H groups in total. The molecule has 0 unspecified atom stereocenters. The second kappa shape index (κ2) is 12.7. The first-order valence-corrected chi connectivity index (χ1v) is 13.7. The molecule has 0 saturated carbocycles. The van der Waals surface area contributed by atoms with Gasteiger partial charge in [0.15, 0.2) is 0 Å². The van der Waals surface area contributed by atoms with Crippen LogP contribution in [0.3, 0.4) is 0 Å². The van der Waals surface area contributed by atoms with E-state index in [2.05, 4.69) is 5.32 Å². The van der Waals surface area contributed by atoms with Crippen molar-refractivity contribution in [3.63, 3.8) is 0 Å². The van der Waals surface area contributed by atoms with Gasteiger partial charge < -0.3 is 10.2 Å². The maximum Gasteiger partial charge on any atom is 0.242 e. The van der Waals surface area contributed by atoms with Gasteiger partial charge in [0.2, 0.25) is 21.8 Å². The highest BCUT2D eigenvalue weighted by molar-refractivity contribution is 7.92. The summed E-state index contributed by atoms with van der Waals surface area (Å²) in [5.41, 5.74) is 3.13. The Bertz CT molecular complexity index is 1120. The van der Waals surface area contributed by atoms with Gasteiger partial charge in [-0.05, 0) is 68.5 Å². The van der Waals surface area contributed by atoms with Gasteiger partial charge in [-0.2, -0.15) is 0 Å². The molecule has 0 radical (unpaired) electrons. The molecule has 2 amide bonds. The Morgan fingerprint density at radius 1 is 1.09 bits per heavy atom. The third-order valence-electron chi connectivity index (χ3n) is 5.98. The normalized spacial score (nSPS) is 12.2. The van der Waals surface area contributed by atoms with Crippen molar-refractivity contribution in [2.45, 2.75) is 59.5 Å². The van der Waals surface area contributed by atoms with Crippen LogP contribution in [0.25, 0.3) is 0 Å². The number of nitrogens with zero attached hydrogens (tertiary/aromatic N) is 2. The summed E-state index contributed by atoms with van der Waals surface area (Å²) < 4.78 is 39.7. The van der Waals surface area contributed by atoms with Gasteiger partial charge in [-0.15, -0.1) is 0 Å². The summed E-state index contributed by atoms with van der Waals surface area (Å²) in [5, 5.41) is 2.81. The predicted molar refractivity (Wildman–Crippen MR) is 137 cm³/mol. The lowest BCUT2D eigenvalue weighted by molar-refractivity contribution is -0.140. The van der Waals surface area contributed by atoms with Gasteiger partial charge in [-0.25, -0.2) is 12.8 Å². The summed E-state index contributed by atoms with van der Waals surface area (Å²) >= 11 is 0. The Kier molecular flexibility index (Phi) is 10.2. The first kappa shape index (κ1) is 28.3. The van der Waals surface area contributed by atoms with Crippen LogP contribution in [0.2, 0.25) is 0 Å². The van der Waals surface area contributed by atoms with Crippen molar-refractivity contribution in [3.05, 3.63) is 65.0 Å². The van der Waals surface area contributed by atoms with Crippen LogP contribution in [-0.4, -0.2) is 50.5 Å². The van der Waals surface area contributed by atoms with Gasteiger partial charge >= 0.3 is 0 Å². The molecule has 0 aliphatic rings. The molecule has 2 aromatic carbocycles. The number of rotatable bonds is 12. The van der Waals surface area contributed by atoms with E-state index < -0.39 is 16.1 Å². The second-order valence-corrected chi connectivity index (χ2v) is 10.7. The average molecular weight is 506 g/mol. The molecule has 0 aliphatic carbocycles. The van der Waals surface area contributed by atoms with E-state index in [4.69, 9.17) is 0 Å². The molecule has 0 aliphatic heterocycles. The fraction of sp³-hybridized carbons (Fsp3) is 0.462. The van der Waals surface area contributed by atoms with Crippen molar-refractivity contribution < 1.29 is 22.4 Å². The maximum absolute atomic E-state index is 13.3. The van der Waals surface area contributed by atoms with E-state index >= 15 is 0 Å². The van der Waals surface area contributed by atoms with E-state index in [1.54, 1.807) is 25.1 Å². The van der Waals surface area contributed by atoms with Crippen molar-refractivity contribution >= 4 is 27.5 Å². The van der Waals surface area contributed by atoms with E-state index in [0.717, 1.165) is 23.8 Å².